The standard InChI is InChI=1S/C24H34O5SSi/c1-18-12-8-11-15-21(18)28-22-20-14-10-9-13-19(20)16-24(22,29-30(5,25)26)17-27-31(6,7)23(2,3)4/h8-15,22H,16-17H2,1-7H3/t22-,24+/m0/s1. The predicted octanol–water partition coefficient (Wildman–Crippen LogP) is 5.41. The van der Waals surface area contributed by atoms with E-state index >= 15 is 0 Å². The van der Waals surface area contributed by atoms with Crippen molar-refractivity contribution in [2.45, 2.75) is 64.0 Å². The number of hydrogen-bond acceptors (Lipinski definition) is 5. The lowest BCUT2D eigenvalue weighted by Crippen LogP contribution is -2.51. The van der Waals surface area contributed by atoms with Gasteiger partial charge >= 0.3 is 0 Å². The van der Waals surface area contributed by atoms with Crippen molar-refractivity contribution in [1.82, 2.24) is 0 Å². The minimum atomic E-state index is -3.77. The van der Waals surface area contributed by atoms with Gasteiger partial charge < -0.3 is 9.16 Å². The van der Waals surface area contributed by atoms with Crippen molar-refractivity contribution in [2.75, 3.05) is 12.9 Å². The lowest BCUT2D eigenvalue weighted by Gasteiger charge is -2.41. The highest BCUT2D eigenvalue weighted by Crippen LogP contribution is 2.47. The summed E-state index contributed by atoms with van der Waals surface area (Å²) in [6.45, 7) is 12.9. The van der Waals surface area contributed by atoms with E-state index in [4.69, 9.17) is 13.3 Å². The Hall–Kier alpha value is -1.67. The molecule has 3 rings (SSSR count). The summed E-state index contributed by atoms with van der Waals surface area (Å²) in [7, 11) is -5.93. The van der Waals surface area contributed by atoms with Crippen LogP contribution >= 0.6 is 0 Å². The number of aryl methyl sites for hydroxylation is 1. The van der Waals surface area contributed by atoms with E-state index in [1.54, 1.807) is 0 Å². The van der Waals surface area contributed by atoms with E-state index in [0.717, 1.165) is 22.9 Å². The number of rotatable bonds is 7. The minimum absolute atomic E-state index is 0.0168. The molecular formula is C24H34O5SSi. The molecular weight excluding hydrogens is 428 g/mol. The van der Waals surface area contributed by atoms with Crippen LogP contribution in [0, 0.1) is 6.92 Å². The number of para-hydroxylation sites is 1. The molecule has 0 spiro atoms. The van der Waals surface area contributed by atoms with Crippen molar-refractivity contribution < 1.29 is 21.8 Å². The van der Waals surface area contributed by atoms with Crippen molar-refractivity contribution in [2.24, 2.45) is 0 Å². The second-order valence-corrected chi connectivity index (χ2v) is 16.4. The molecule has 2 aromatic carbocycles. The van der Waals surface area contributed by atoms with Gasteiger partial charge in [-0.1, -0.05) is 63.2 Å². The molecule has 0 saturated carbocycles. The van der Waals surface area contributed by atoms with E-state index in [9.17, 15) is 8.42 Å². The van der Waals surface area contributed by atoms with Gasteiger partial charge in [-0.3, -0.25) is 4.18 Å². The summed E-state index contributed by atoms with van der Waals surface area (Å²) in [5.74, 6) is 0.706. The Morgan fingerprint density at radius 3 is 2.29 bits per heavy atom. The third-order valence-electron chi connectivity index (χ3n) is 6.44. The quantitative estimate of drug-likeness (QED) is 0.407. The second kappa shape index (κ2) is 8.35. The Bertz CT molecular complexity index is 1040. The fourth-order valence-electron chi connectivity index (χ4n) is 3.68. The van der Waals surface area contributed by atoms with E-state index in [1.807, 2.05) is 55.5 Å². The van der Waals surface area contributed by atoms with Crippen molar-refractivity contribution in [3.63, 3.8) is 0 Å². The summed E-state index contributed by atoms with van der Waals surface area (Å²) < 4.78 is 43.7. The lowest BCUT2D eigenvalue weighted by atomic mass is 9.98. The van der Waals surface area contributed by atoms with Gasteiger partial charge in [0.1, 0.15) is 5.75 Å². The molecule has 0 saturated heterocycles. The largest absolute Gasteiger partial charge is 0.482 e. The summed E-state index contributed by atoms with van der Waals surface area (Å²) in [5.41, 5.74) is 1.76. The first kappa shape index (κ1) is 24.0. The van der Waals surface area contributed by atoms with Gasteiger partial charge in [-0.05, 0) is 47.8 Å². The molecule has 31 heavy (non-hydrogen) atoms. The predicted molar refractivity (Wildman–Crippen MR) is 127 cm³/mol. The molecule has 0 heterocycles. The Morgan fingerprint density at radius 2 is 1.68 bits per heavy atom. The smallest absolute Gasteiger partial charge is 0.265 e. The summed E-state index contributed by atoms with van der Waals surface area (Å²) in [4.78, 5) is 0. The fraction of sp³-hybridized carbons (Fsp3) is 0.500. The molecule has 0 amide bonds. The zero-order valence-corrected chi connectivity index (χ0v) is 21.4. The van der Waals surface area contributed by atoms with E-state index < -0.39 is 30.1 Å². The summed E-state index contributed by atoms with van der Waals surface area (Å²) >= 11 is 0. The highest BCUT2D eigenvalue weighted by Gasteiger charge is 2.53. The highest BCUT2D eigenvalue weighted by molar-refractivity contribution is 7.86. The van der Waals surface area contributed by atoms with E-state index in [0.29, 0.717) is 12.2 Å². The average molecular weight is 463 g/mol. The van der Waals surface area contributed by atoms with Crippen LogP contribution in [0.4, 0.5) is 0 Å². The molecule has 0 aromatic heterocycles. The summed E-state index contributed by atoms with van der Waals surface area (Å²) in [6, 6.07) is 15.6. The maximum atomic E-state index is 12.4. The number of hydrogen-bond donors (Lipinski definition) is 0. The number of ether oxygens (including phenoxy) is 1. The Kier molecular flexibility index (Phi) is 6.46. The van der Waals surface area contributed by atoms with Crippen molar-refractivity contribution in [3.05, 3.63) is 65.2 Å². The monoisotopic (exact) mass is 462 g/mol. The van der Waals surface area contributed by atoms with Gasteiger partial charge in [-0.2, -0.15) is 8.42 Å². The molecule has 0 radical (unpaired) electrons. The summed E-state index contributed by atoms with van der Waals surface area (Å²) in [5, 5.41) is -0.0168. The van der Waals surface area contributed by atoms with Crippen LogP contribution in [0.2, 0.25) is 18.1 Å². The minimum Gasteiger partial charge on any atom is -0.482 e. The Morgan fingerprint density at radius 1 is 1.06 bits per heavy atom. The molecule has 0 unspecified atom stereocenters. The topological polar surface area (TPSA) is 61.8 Å². The Balaban J connectivity index is 2.07. The van der Waals surface area contributed by atoms with E-state index in [1.165, 1.54) is 0 Å². The van der Waals surface area contributed by atoms with Crippen molar-refractivity contribution in [1.29, 1.82) is 0 Å². The van der Waals surface area contributed by atoms with E-state index in [-0.39, 0.29) is 11.6 Å². The molecule has 2 atom stereocenters. The van der Waals surface area contributed by atoms with Crippen LogP contribution in [0.15, 0.2) is 48.5 Å². The molecule has 0 bridgehead atoms. The SMILES string of the molecule is Cc1ccccc1O[C@H]1c2ccccc2C[C@]1(CO[Si](C)(C)C(C)(C)C)OS(C)(=O)=O. The second-order valence-electron chi connectivity index (χ2n) is 10.0. The molecule has 7 heteroatoms. The first-order valence-corrected chi connectivity index (χ1v) is 15.3. The number of fused-ring (bicyclic) bond motifs is 1. The van der Waals surface area contributed by atoms with Crippen LogP contribution in [-0.2, 0) is 25.1 Å². The molecule has 0 N–H and O–H groups in total. The van der Waals surface area contributed by atoms with Crippen LogP contribution in [0.5, 0.6) is 5.75 Å². The molecule has 1 aliphatic rings. The number of benzene rings is 2. The van der Waals surface area contributed by atoms with Crippen molar-refractivity contribution in [3.8, 4) is 5.75 Å². The average Bonchev–Trinajstić information content (AvgIpc) is 2.93. The van der Waals surface area contributed by atoms with Crippen LogP contribution in [-0.4, -0.2) is 35.2 Å². The molecule has 0 aliphatic heterocycles. The highest BCUT2D eigenvalue weighted by atomic mass is 32.2. The zero-order chi connectivity index (χ0) is 23.1. The van der Waals surface area contributed by atoms with Crippen LogP contribution in [0.3, 0.4) is 0 Å². The van der Waals surface area contributed by atoms with Gasteiger partial charge in [-0.25, -0.2) is 0 Å². The van der Waals surface area contributed by atoms with Gasteiger partial charge in [0.05, 0.1) is 12.9 Å². The van der Waals surface area contributed by atoms with Gasteiger partial charge in [0, 0.05) is 6.42 Å². The molecule has 1 aliphatic carbocycles. The molecule has 2 aromatic rings. The molecule has 170 valence electrons. The zero-order valence-electron chi connectivity index (χ0n) is 19.6. The van der Waals surface area contributed by atoms with Gasteiger partial charge in [0.2, 0.25) is 0 Å². The molecule has 0 fully saturated rings. The van der Waals surface area contributed by atoms with Crippen LogP contribution < -0.4 is 4.74 Å². The first-order chi connectivity index (χ1) is 14.2. The fourth-order valence-corrected chi connectivity index (χ4v) is 5.52. The van der Waals surface area contributed by atoms with Crippen LogP contribution in [0.25, 0.3) is 0 Å². The van der Waals surface area contributed by atoms with Gasteiger partial charge in [-0.15, -0.1) is 0 Å². The maximum Gasteiger partial charge on any atom is 0.265 e. The lowest BCUT2D eigenvalue weighted by molar-refractivity contribution is -0.0573. The van der Waals surface area contributed by atoms with Gasteiger partial charge in [0.25, 0.3) is 10.1 Å². The van der Waals surface area contributed by atoms with Crippen LogP contribution in [0.1, 0.15) is 43.6 Å². The van der Waals surface area contributed by atoms with Crippen molar-refractivity contribution >= 4 is 18.4 Å². The third-order valence-corrected chi connectivity index (χ3v) is 11.6. The Labute approximate surface area is 188 Å². The molecule has 5 nitrogen and oxygen atoms in total. The maximum absolute atomic E-state index is 12.4. The normalized spacial score (nSPS) is 21.7. The summed E-state index contributed by atoms with van der Waals surface area (Å²) in [6.07, 6.45) is 0.889. The third kappa shape index (κ3) is 5.22. The van der Waals surface area contributed by atoms with Gasteiger partial charge in [0.15, 0.2) is 20.0 Å². The van der Waals surface area contributed by atoms with E-state index in [2.05, 4.69) is 33.9 Å². The first-order valence-electron chi connectivity index (χ1n) is 10.6.